The number of ether oxygens (including phenoxy) is 2. The van der Waals surface area contributed by atoms with Crippen molar-refractivity contribution in [2.75, 3.05) is 26.9 Å². The predicted molar refractivity (Wildman–Crippen MR) is 116 cm³/mol. The Morgan fingerprint density at radius 3 is 2.69 bits per heavy atom. The molecule has 0 bridgehead atoms. The van der Waals surface area contributed by atoms with Gasteiger partial charge in [-0.05, 0) is 55.5 Å². The van der Waals surface area contributed by atoms with Crippen LogP contribution < -0.4 is 15.4 Å². The Bertz CT molecular complexity index is 821. The molecule has 1 heterocycles. The quantitative estimate of drug-likeness (QED) is 0.706. The van der Waals surface area contributed by atoms with Crippen LogP contribution in [0.4, 0.5) is 4.79 Å². The number of carbonyl (C=O) groups is 1. The molecule has 3 rings (SSSR count). The first-order valence-electron chi connectivity index (χ1n) is 10.0. The number of hydrogen-bond donors (Lipinski definition) is 2. The van der Waals surface area contributed by atoms with Gasteiger partial charge in [-0.25, -0.2) is 4.79 Å². The highest BCUT2D eigenvalue weighted by Crippen LogP contribution is 2.38. The molecule has 0 aliphatic carbocycles. The first kappa shape index (κ1) is 21.5. The first-order chi connectivity index (χ1) is 14.0. The summed E-state index contributed by atoms with van der Waals surface area (Å²) in [5.74, 6) is 0.820. The van der Waals surface area contributed by atoms with Crippen LogP contribution in [0, 0.1) is 0 Å². The molecular formula is C23H29ClN2O3. The van der Waals surface area contributed by atoms with Gasteiger partial charge in [-0.2, -0.15) is 0 Å². The highest BCUT2D eigenvalue weighted by Gasteiger charge is 2.36. The summed E-state index contributed by atoms with van der Waals surface area (Å²) in [5.41, 5.74) is 1.99. The van der Waals surface area contributed by atoms with Gasteiger partial charge in [0.15, 0.2) is 0 Å². The zero-order chi connectivity index (χ0) is 20.7. The van der Waals surface area contributed by atoms with E-state index >= 15 is 0 Å². The molecule has 6 heteroatoms. The van der Waals surface area contributed by atoms with Gasteiger partial charge in [-0.1, -0.05) is 41.9 Å². The van der Waals surface area contributed by atoms with Crippen molar-refractivity contribution in [3.63, 3.8) is 0 Å². The van der Waals surface area contributed by atoms with Crippen LogP contribution in [0.25, 0.3) is 0 Å². The number of benzene rings is 2. The molecule has 2 aromatic carbocycles. The average Bonchev–Trinajstić information content (AvgIpc) is 2.73. The molecule has 2 amide bonds. The monoisotopic (exact) mass is 416 g/mol. The summed E-state index contributed by atoms with van der Waals surface area (Å²) >= 11 is 6.48. The smallest absolute Gasteiger partial charge is 0.315 e. The summed E-state index contributed by atoms with van der Waals surface area (Å²) in [6.07, 6.45) is 2.39. The number of urea groups is 1. The van der Waals surface area contributed by atoms with E-state index in [1.54, 1.807) is 7.11 Å². The van der Waals surface area contributed by atoms with E-state index in [4.69, 9.17) is 21.1 Å². The number of methoxy groups -OCH3 is 1. The van der Waals surface area contributed by atoms with Crippen molar-refractivity contribution in [2.45, 2.75) is 37.6 Å². The van der Waals surface area contributed by atoms with E-state index in [2.05, 4.69) is 16.7 Å². The topological polar surface area (TPSA) is 59.6 Å². The number of halogens is 1. The van der Waals surface area contributed by atoms with Crippen LogP contribution in [0.2, 0.25) is 5.02 Å². The molecule has 29 heavy (non-hydrogen) atoms. The standard InChI is InChI=1S/C23H29ClN2O3/c1-17(14-18-6-5-7-19(15-18)28-2)26-22(27)25-16-23(10-12-29-13-11-23)20-8-3-4-9-21(20)24/h3-9,15,17H,10-14,16H2,1-2H3,(H2,25,26,27). The molecule has 1 aliphatic rings. The largest absolute Gasteiger partial charge is 0.497 e. The van der Waals surface area contributed by atoms with E-state index in [-0.39, 0.29) is 17.5 Å². The fourth-order valence-corrected chi connectivity index (χ4v) is 4.26. The number of rotatable bonds is 7. The van der Waals surface area contributed by atoms with Gasteiger partial charge < -0.3 is 20.1 Å². The summed E-state index contributed by atoms with van der Waals surface area (Å²) < 4.78 is 10.8. The number of amides is 2. The van der Waals surface area contributed by atoms with Crippen LogP contribution in [0.1, 0.15) is 30.9 Å². The molecule has 1 unspecified atom stereocenters. The third kappa shape index (κ3) is 5.64. The highest BCUT2D eigenvalue weighted by molar-refractivity contribution is 6.31. The molecule has 0 spiro atoms. The fourth-order valence-electron chi connectivity index (χ4n) is 3.92. The van der Waals surface area contributed by atoms with E-state index in [1.807, 2.05) is 49.4 Å². The molecule has 1 aliphatic heterocycles. The molecule has 2 aromatic rings. The number of hydrogen-bond acceptors (Lipinski definition) is 3. The molecule has 156 valence electrons. The van der Waals surface area contributed by atoms with E-state index in [1.165, 1.54) is 0 Å². The maximum Gasteiger partial charge on any atom is 0.315 e. The summed E-state index contributed by atoms with van der Waals surface area (Å²) in [4.78, 5) is 12.6. The summed E-state index contributed by atoms with van der Waals surface area (Å²) in [5, 5.41) is 6.84. The van der Waals surface area contributed by atoms with Crippen LogP contribution >= 0.6 is 11.6 Å². The molecule has 2 N–H and O–H groups in total. The Kier molecular flexibility index (Phi) is 7.40. The maximum absolute atomic E-state index is 12.6. The van der Waals surface area contributed by atoms with Crippen LogP contribution in [0.15, 0.2) is 48.5 Å². The molecule has 0 aromatic heterocycles. The second-order valence-corrected chi connectivity index (χ2v) is 8.06. The molecule has 5 nitrogen and oxygen atoms in total. The molecule has 0 saturated carbocycles. The second kappa shape index (κ2) is 9.99. The lowest BCUT2D eigenvalue weighted by atomic mass is 9.74. The van der Waals surface area contributed by atoms with E-state index in [0.29, 0.717) is 19.8 Å². The number of carbonyl (C=O) groups excluding carboxylic acids is 1. The highest BCUT2D eigenvalue weighted by atomic mass is 35.5. The van der Waals surface area contributed by atoms with Crippen molar-refractivity contribution in [1.29, 1.82) is 0 Å². The summed E-state index contributed by atoms with van der Waals surface area (Å²) in [6, 6.07) is 15.6. The summed E-state index contributed by atoms with van der Waals surface area (Å²) in [7, 11) is 1.65. The van der Waals surface area contributed by atoms with Gasteiger partial charge in [0.1, 0.15) is 5.75 Å². The molecule has 0 radical (unpaired) electrons. The third-order valence-corrected chi connectivity index (χ3v) is 5.87. The van der Waals surface area contributed by atoms with Crippen molar-refractivity contribution >= 4 is 17.6 Å². The van der Waals surface area contributed by atoms with Crippen LogP contribution in [0.5, 0.6) is 5.75 Å². The van der Waals surface area contributed by atoms with Gasteiger partial charge in [0.05, 0.1) is 7.11 Å². The lowest BCUT2D eigenvalue weighted by Crippen LogP contribution is -2.49. The van der Waals surface area contributed by atoms with Gasteiger partial charge in [-0.3, -0.25) is 0 Å². The van der Waals surface area contributed by atoms with Crippen molar-refractivity contribution < 1.29 is 14.3 Å². The Labute approximate surface area is 177 Å². The van der Waals surface area contributed by atoms with E-state index in [0.717, 1.165) is 41.2 Å². The van der Waals surface area contributed by atoms with Crippen LogP contribution in [0.3, 0.4) is 0 Å². The number of nitrogens with one attached hydrogen (secondary N) is 2. The van der Waals surface area contributed by atoms with E-state index in [9.17, 15) is 4.79 Å². The minimum absolute atomic E-state index is 0.00643. The van der Waals surface area contributed by atoms with Crippen LogP contribution in [-0.2, 0) is 16.6 Å². The van der Waals surface area contributed by atoms with Crippen molar-refractivity contribution in [3.8, 4) is 5.75 Å². The molecule has 1 fully saturated rings. The lowest BCUT2D eigenvalue weighted by Gasteiger charge is -2.38. The maximum atomic E-state index is 12.6. The minimum Gasteiger partial charge on any atom is -0.497 e. The Morgan fingerprint density at radius 2 is 1.97 bits per heavy atom. The Hall–Kier alpha value is -2.24. The van der Waals surface area contributed by atoms with Gasteiger partial charge in [0.2, 0.25) is 0 Å². The van der Waals surface area contributed by atoms with Crippen LogP contribution in [-0.4, -0.2) is 38.9 Å². The Morgan fingerprint density at radius 1 is 1.21 bits per heavy atom. The first-order valence-corrected chi connectivity index (χ1v) is 10.4. The zero-order valence-corrected chi connectivity index (χ0v) is 17.8. The fraction of sp³-hybridized carbons (Fsp3) is 0.435. The van der Waals surface area contributed by atoms with Gasteiger partial charge >= 0.3 is 6.03 Å². The molecule has 1 saturated heterocycles. The van der Waals surface area contributed by atoms with Gasteiger partial charge in [0, 0.05) is 36.2 Å². The predicted octanol–water partition coefficient (Wildman–Crippen LogP) is 4.33. The van der Waals surface area contributed by atoms with Crippen molar-refractivity contribution in [2.24, 2.45) is 0 Å². The SMILES string of the molecule is COc1cccc(CC(C)NC(=O)NCC2(c3ccccc3Cl)CCOCC2)c1. The van der Waals surface area contributed by atoms with Crippen molar-refractivity contribution in [3.05, 3.63) is 64.7 Å². The second-order valence-electron chi connectivity index (χ2n) is 7.66. The van der Waals surface area contributed by atoms with Crippen molar-refractivity contribution in [1.82, 2.24) is 10.6 Å². The normalized spacial score (nSPS) is 16.7. The third-order valence-electron chi connectivity index (χ3n) is 5.54. The average molecular weight is 417 g/mol. The Balaban J connectivity index is 1.59. The van der Waals surface area contributed by atoms with Gasteiger partial charge in [-0.15, -0.1) is 0 Å². The van der Waals surface area contributed by atoms with E-state index < -0.39 is 0 Å². The summed E-state index contributed by atoms with van der Waals surface area (Å²) in [6.45, 7) is 3.86. The lowest BCUT2D eigenvalue weighted by molar-refractivity contribution is 0.0507. The molecular weight excluding hydrogens is 388 g/mol. The zero-order valence-electron chi connectivity index (χ0n) is 17.0. The molecule has 1 atom stereocenters. The minimum atomic E-state index is -0.204. The van der Waals surface area contributed by atoms with Gasteiger partial charge in [0.25, 0.3) is 0 Å².